The SMILES string of the molecule is Fc1ccc(OCCNCC2CCOC2)c(Br)c1. The van der Waals surface area contributed by atoms with Gasteiger partial charge in [0.25, 0.3) is 0 Å². The molecule has 1 N–H and O–H groups in total. The first kappa shape index (κ1) is 13.8. The number of hydrogen-bond donors (Lipinski definition) is 1. The van der Waals surface area contributed by atoms with E-state index in [0.29, 0.717) is 22.7 Å². The molecular formula is C13H17BrFNO2. The highest BCUT2D eigenvalue weighted by atomic mass is 79.9. The van der Waals surface area contributed by atoms with Gasteiger partial charge in [-0.05, 0) is 46.5 Å². The highest BCUT2D eigenvalue weighted by Gasteiger charge is 2.14. The quantitative estimate of drug-likeness (QED) is 0.818. The first-order chi connectivity index (χ1) is 8.75. The number of rotatable bonds is 6. The van der Waals surface area contributed by atoms with Crippen LogP contribution in [0.2, 0.25) is 0 Å². The summed E-state index contributed by atoms with van der Waals surface area (Å²) in [6, 6.07) is 4.42. The molecule has 1 saturated heterocycles. The molecule has 2 rings (SSSR count). The number of ether oxygens (including phenoxy) is 2. The van der Waals surface area contributed by atoms with Gasteiger partial charge in [-0.15, -0.1) is 0 Å². The fourth-order valence-electron chi connectivity index (χ4n) is 1.88. The number of benzene rings is 1. The van der Waals surface area contributed by atoms with Crippen LogP contribution >= 0.6 is 15.9 Å². The second-order valence-corrected chi connectivity index (χ2v) is 5.21. The Kier molecular flexibility index (Phi) is 5.41. The van der Waals surface area contributed by atoms with Crippen molar-refractivity contribution >= 4 is 15.9 Å². The topological polar surface area (TPSA) is 30.5 Å². The maximum Gasteiger partial charge on any atom is 0.133 e. The first-order valence-electron chi connectivity index (χ1n) is 6.12. The summed E-state index contributed by atoms with van der Waals surface area (Å²) in [6.45, 7) is 4.05. The van der Waals surface area contributed by atoms with Gasteiger partial charge in [0.15, 0.2) is 0 Å². The van der Waals surface area contributed by atoms with Gasteiger partial charge in [-0.3, -0.25) is 0 Å². The zero-order valence-corrected chi connectivity index (χ0v) is 11.7. The molecule has 1 aliphatic heterocycles. The average molecular weight is 318 g/mol. The van der Waals surface area contributed by atoms with Crippen LogP contribution in [-0.2, 0) is 4.74 Å². The Hall–Kier alpha value is -0.650. The molecule has 1 aromatic carbocycles. The monoisotopic (exact) mass is 317 g/mol. The fraction of sp³-hybridized carbons (Fsp3) is 0.538. The molecule has 1 aromatic rings. The van der Waals surface area contributed by atoms with Gasteiger partial charge in [-0.2, -0.15) is 0 Å². The molecule has 1 unspecified atom stereocenters. The lowest BCUT2D eigenvalue weighted by Crippen LogP contribution is -2.27. The van der Waals surface area contributed by atoms with Crippen LogP contribution in [0.25, 0.3) is 0 Å². The Labute approximate surface area is 115 Å². The lowest BCUT2D eigenvalue weighted by molar-refractivity contribution is 0.185. The molecule has 0 spiro atoms. The van der Waals surface area contributed by atoms with Crippen molar-refractivity contribution in [2.45, 2.75) is 6.42 Å². The van der Waals surface area contributed by atoms with Crippen molar-refractivity contribution in [3.63, 3.8) is 0 Å². The van der Waals surface area contributed by atoms with E-state index >= 15 is 0 Å². The second-order valence-electron chi connectivity index (χ2n) is 4.36. The molecule has 0 bridgehead atoms. The van der Waals surface area contributed by atoms with E-state index in [-0.39, 0.29) is 5.82 Å². The van der Waals surface area contributed by atoms with Crippen LogP contribution in [0.3, 0.4) is 0 Å². The lowest BCUT2D eigenvalue weighted by atomic mass is 10.1. The largest absolute Gasteiger partial charge is 0.491 e. The van der Waals surface area contributed by atoms with Gasteiger partial charge in [0.1, 0.15) is 18.2 Å². The molecule has 0 saturated carbocycles. The van der Waals surface area contributed by atoms with Crippen LogP contribution < -0.4 is 10.1 Å². The summed E-state index contributed by atoms with van der Waals surface area (Å²) < 4.78 is 24.3. The third-order valence-corrected chi connectivity index (χ3v) is 3.51. The van der Waals surface area contributed by atoms with Gasteiger partial charge in [0.2, 0.25) is 0 Å². The summed E-state index contributed by atoms with van der Waals surface area (Å²) in [4.78, 5) is 0. The van der Waals surface area contributed by atoms with Crippen molar-refractivity contribution in [2.24, 2.45) is 5.92 Å². The molecule has 3 nitrogen and oxygen atoms in total. The Morgan fingerprint density at radius 3 is 3.11 bits per heavy atom. The van der Waals surface area contributed by atoms with Crippen LogP contribution in [0.15, 0.2) is 22.7 Å². The molecular weight excluding hydrogens is 301 g/mol. The van der Waals surface area contributed by atoms with Crippen LogP contribution in [-0.4, -0.2) is 32.9 Å². The second kappa shape index (κ2) is 7.07. The summed E-state index contributed by atoms with van der Waals surface area (Å²) in [5.74, 6) is 1.03. The number of halogens is 2. The summed E-state index contributed by atoms with van der Waals surface area (Å²) in [5, 5.41) is 3.33. The Bertz CT molecular complexity index is 383. The van der Waals surface area contributed by atoms with E-state index in [0.717, 1.165) is 32.7 Å². The minimum Gasteiger partial charge on any atom is -0.491 e. The molecule has 1 atom stereocenters. The molecule has 0 amide bonds. The van der Waals surface area contributed by atoms with Gasteiger partial charge < -0.3 is 14.8 Å². The van der Waals surface area contributed by atoms with Gasteiger partial charge in [0.05, 0.1) is 11.1 Å². The normalized spacial score (nSPS) is 19.1. The van der Waals surface area contributed by atoms with Crippen LogP contribution in [0.1, 0.15) is 6.42 Å². The standard InChI is InChI=1S/C13H17BrFNO2/c14-12-7-11(15)1-2-13(12)18-6-4-16-8-10-3-5-17-9-10/h1-2,7,10,16H,3-6,8-9H2. The fourth-order valence-corrected chi connectivity index (χ4v) is 2.34. The summed E-state index contributed by atoms with van der Waals surface area (Å²) in [7, 11) is 0. The van der Waals surface area contributed by atoms with Crippen molar-refractivity contribution in [2.75, 3.05) is 32.9 Å². The minimum absolute atomic E-state index is 0.270. The van der Waals surface area contributed by atoms with Crippen LogP contribution in [0, 0.1) is 11.7 Å². The van der Waals surface area contributed by atoms with E-state index in [4.69, 9.17) is 9.47 Å². The summed E-state index contributed by atoms with van der Waals surface area (Å²) in [6.07, 6.45) is 1.14. The smallest absolute Gasteiger partial charge is 0.133 e. The maximum atomic E-state index is 12.9. The molecule has 1 fully saturated rings. The van der Waals surface area contributed by atoms with Crippen molar-refractivity contribution in [3.8, 4) is 5.75 Å². The molecule has 1 aliphatic rings. The van der Waals surface area contributed by atoms with Gasteiger partial charge in [-0.25, -0.2) is 4.39 Å². The number of hydrogen-bond acceptors (Lipinski definition) is 3. The van der Waals surface area contributed by atoms with E-state index in [9.17, 15) is 4.39 Å². The van der Waals surface area contributed by atoms with Gasteiger partial charge >= 0.3 is 0 Å². The molecule has 0 aromatic heterocycles. The molecule has 0 aliphatic carbocycles. The number of nitrogens with one attached hydrogen (secondary N) is 1. The Morgan fingerprint density at radius 1 is 1.50 bits per heavy atom. The predicted molar refractivity (Wildman–Crippen MR) is 71.4 cm³/mol. The van der Waals surface area contributed by atoms with Crippen molar-refractivity contribution < 1.29 is 13.9 Å². The lowest BCUT2D eigenvalue weighted by Gasteiger charge is -2.11. The third-order valence-electron chi connectivity index (χ3n) is 2.89. The summed E-state index contributed by atoms with van der Waals surface area (Å²) >= 11 is 3.27. The molecule has 100 valence electrons. The predicted octanol–water partition coefficient (Wildman–Crippen LogP) is 2.59. The van der Waals surface area contributed by atoms with E-state index in [2.05, 4.69) is 21.2 Å². The Morgan fingerprint density at radius 2 is 2.39 bits per heavy atom. The zero-order chi connectivity index (χ0) is 12.8. The van der Waals surface area contributed by atoms with E-state index in [1.165, 1.54) is 12.1 Å². The minimum atomic E-state index is -0.270. The van der Waals surface area contributed by atoms with E-state index in [1.807, 2.05) is 0 Å². The molecule has 18 heavy (non-hydrogen) atoms. The molecule has 1 heterocycles. The van der Waals surface area contributed by atoms with E-state index in [1.54, 1.807) is 6.07 Å². The van der Waals surface area contributed by atoms with Crippen molar-refractivity contribution in [3.05, 3.63) is 28.5 Å². The molecule has 0 radical (unpaired) electrons. The van der Waals surface area contributed by atoms with E-state index < -0.39 is 0 Å². The van der Waals surface area contributed by atoms with Crippen molar-refractivity contribution in [1.29, 1.82) is 0 Å². The average Bonchev–Trinajstić information content (AvgIpc) is 2.84. The van der Waals surface area contributed by atoms with Crippen LogP contribution in [0.4, 0.5) is 4.39 Å². The highest BCUT2D eigenvalue weighted by molar-refractivity contribution is 9.10. The zero-order valence-electron chi connectivity index (χ0n) is 10.1. The highest BCUT2D eigenvalue weighted by Crippen LogP contribution is 2.25. The van der Waals surface area contributed by atoms with Crippen LogP contribution in [0.5, 0.6) is 5.75 Å². The Balaban J connectivity index is 1.62. The molecule has 5 heteroatoms. The van der Waals surface area contributed by atoms with Gasteiger partial charge in [-0.1, -0.05) is 0 Å². The maximum absolute atomic E-state index is 12.9. The summed E-state index contributed by atoms with van der Waals surface area (Å²) in [5.41, 5.74) is 0. The third kappa shape index (κ3) is 4.23. The van der Waals surface area contributed by atoms with Gasteiger partial charge in [0, 0.05) is 19.7 Å². The first-order valence-corrected chi connectivity index (χ1v) is 6.91. The van der Waals surface area contributed by atoms with Crippen molar-refractivity contribution in [1.82, 2.24) is 5.32 Å².